The molecule has 3 amide bonds. The zero-order chi connectivity index (χ0) is 20.8. The summed E-state index contributed by atoms with van der Waals surface area (Å²) >= 11 is 0. The predicted octanol–water partition coefficient (Wildman–Crippen LogP) is 1.71. The van der Waals surface area contributed by atoms with Crippen LogP contribution in [0, 0.1) is 5.92 Å². The molecular weight excluding hydrogens is 374 g/mol. The molecule has 0 bridgehead atoms. The second kappa shape index (κ2) is 9.54. The molecule has 2 aliphatic rings. The Morgan fingerprint density at radius 2 is 1.97 bits per heavy atom. The Morgan fingerprint density at radius 1 is 1.21 bits per heavy atom. The van der Waals surface area contributed by atoms with Gasteiger partial charge in [0.05, 0.1) is 5.92 Å². The number of anilines is 1. The van der Waals surface area contributed by atoms with Gasteiger partial charge in [-0.25, -0.2) is 0 Å². The van der Waals surface area contributed by atoms with Gasteiger partial charge < -0.3 is 20.3 Å². The van der Waals surface area contributed by atoms with Gasteiger partial charge in [-0.1, -0.05) is 18.9 Å². The maximum Gasteiger partial charge on any atom is 0.311 e. The highest BCUT2D eigenvalue weighted by molar-refractivity contribution is 5.98. The van der Waals surface area contributed by atoms with Crippen LogP contribution in [0.25, 0.3) is 0 Å². The van der Waals surface area contributed by atoms with Crippen molar-refractivity contribution >= 4 is 29.4 Å². The van der Waals surface area contributed by atoms with Crippen LogP contribution in [0.3, 0.4) is 0 Å². The molecule has 0 radical (unpaired) electrons. The van der Waals surface area contributed by atoms with Gasteiger partial charge in [0, 0.05) is 36.8 Å². The van der Waals surface area contributed by atoms with Gasteiger partial charge in [-0.2, -0.15) is 0 Å². The Kier molecular flexibility index (Phi) is 6.85. The summed E-state index contributed by atoms with van der Waals surface area (Å²) in [7, 11) is 0. The molecule has 1 aromatic carbocycles. The van der Waals surface area contributed by atoms with Crippen LogP contribution >= 0.6 is 0 Å². The third-order valence-electron chi connectivity index (χ3n) is 5.35. The van der Waals surface area contributed by atoms with E-state index in [0.717, 1.165) is 25.7 Å². The number of esters is 1. The fraction of sp³-hybridized carbons (Fsp3) is 0.524. The number of likely N-dealkylation sites (tertiary alicyclic amines) is 1. The van der Waals surface area contributed by atoms with E-state index < -0.39 is 24.4 Å². The van der Waals surface area contributed by atoms with E-state index in [2.05, 4.69) is 10.6 Å². The van der Waals surface area contributed by atoms with Gasteiger partial charge in [-0.3, -0.25) is 19.2 Å². The van der Waals surface area contributed by atoms with Crippen LogP contribution < -0.4 is 10.6 Å². The number of carbonyl (C=O) groups excluding carboxylic acids is 4. The number of nitrogens with zero attached hydrogens (tertiary/aromatic N) is 1. The quantitative estimate of drug-likeness (QED) is 0.677. The number of carbonyl (C=O) groups is 4. The van der Waals surface area contributed by atoms with Crippen LogP contribution in [0.4, 0.5) is 5.69 Å². The van der Waals surface area contributed by atoms with Crippen molar-refractivity contribution in [2.75, 3.05) is 25.0 Å². The second-order valence-electron chi connectivity index (χ2n) is 7.48. The molecule has 1 aromatic rings. The maximum atomic E-state index is 12.3. The zero-order valence-corrected chi connectivity index (χ0v) is 16.6. The normalized spacial score (nSPS) is 19.3. The van der Waals surface area contributed by atoms with Crippen LogP contribution in [-0.4, -0.2) is 54.3 Å². The van der Waals surface area contributed by atoms with E-state index in [0.29, 0.717) is 24.3 Å². The van der Waals surface area contributed by atoms with E-state index in [1.807, 2.05) is 6.92 Å². The van der Waals surface area contributed by atoms with Crippen LogP contribution in [0.1, 0.15) is 49.4 Å². The molecule has 3 rings (SSSR count). The molecule has 0 aromatic heterocycles. The Balaban J connectivity index is 1.47. The highest BCUT2D eigenvalue weighted by Gasteiger charge is 2.39. The lowest BCUT2D eigenvalue weighted by atomic mass is 10.1. The minimum atomic E-state index is -0.523. The fourth-order valence-electron chi connectivity index (χ4n) is 3.91. The molecule has 8 heteroatoms. The second-order valence-corrected chi connectivity index (χ2v) is 7.48. The van der Waals surface area contributed by atoms with E-state index in [4.69, 9.17) is 4.74 Å². The summed E-state index contributed by atoms with van der Waals surface area (Å²) in [6.45, 7) is 2.27. The summed E-state index contributed by atoms with van der Waals surface area (Å²) in [6, 6.07) is 6.75. The summed E-state index contributed by atoms with van der Waals surface area (Å²) in [5.41, 5.74) is 0.872. The van der Waals surface area contributed by atoms with E-state index in [9.17, 15) is 19.2 Å². The molecule has 1 aliphatic heterocycles. The number of nitrogens with one attached hydrogen (secondary N) is 2. The standard InChI is InChI=1S/C21H27N3O5/c1-2-22-20(27)14-6-5-7-16(10-14)23-18(25)13-29-21(28)15-11-19(26)24(12-15)17-8-3-4-9-17/h5-7,10,15,17H,2-4,8-9,11-13H2,1H3,(H,22,27)(H,23,25)/t15-/m0/s1. The topological polar surface area (TPSA) is 105 Å². The summed E-state index contributed by atoms with van der Waals surface area (Å²) in [4.78, 5) is 50.3. The average molecular weight is 401 g/mol. The van der Waals surface area contributed by atoms with Gasteiger partial charge in [-0.15, -0.1) is 0 Å². The van der Waals surface area contributed by atoms with Crippen molar-refractivity contribution in [2.24, 2.45) is 5.92 Å². The van der Waals surface area contributed by atoms with Crippen molar-refractivity contribution in [3.05, 3.63) is 29.8 Å². The predicted molar refractivity (Wildman–Crippen MR) is 106 cm³/mol. The van der Waals surface area contributed by atoms with E-state index in [1.54, 1.807) is 29.2 Å². The fourth-order valence-corrected chi connectivity index (χ4v) is 3.91. The van der Waals surface area contributed by atoms with Crippen molar-refractivity contribution in [3.8, 4) is 0 Å². The summed E-state index contributed by atoms with van der Waals surface area (Å²) < 4.78 is 5.13. The summed E-state index contributed by atoms with van der Waals surface area (Å²) in [5, 5.41) is 5.30. The van der Waals surface area contributed by atoms with Crippen LogP contribution in [0.15, 0.2) is 24.3 Å². The molecular formula is C21H27N3O5. The minimum Gasteiger partial charge on any atom is -0.455 e. The highest BCUT2D eigenvalue weighted by Crippen LogP contribution is 2.29. The number of ether oxygens (including phenoxy) is 1. The Bertz CT molecular complexity index is 788. The van der Waals surface area contributed by atoms with Gasteiger partial charge in [0.15, 0.2) is 6.61 Å². The summed E-state index contributed by atoms with van der Waals surface area (Å²) in [6.07, 6.45) is 4.36. The number of hydrogen-bond donors (Lipinski definition) is 2. The Morgan fingerprint density at radius 3 is 2.69 bits per heavy atom. The van der Waals surface area contributed by atoms with Crippen molar-refractivity contribution in [1.82, 2.24) is 10.2 Å². The van der Waals surface area contributed by atoms with Crippen molar-refractivity contribution in [1.29, 1.82) is 0 Å². The summed E-state index contributed by atoms with van der Waals surface area (Å²) in [5.74, 6) is -1.77. The first-order valence-electron chi connectivity index (χ1n) is 10.1. The van der Waals surface area contributed by atoms with Gasteiger partial charge in [0.2, 0.25) is 5.91 Å². The molecule has 156 valence electrons. The van der Waals surface area contributed by atoms with E-state index in [-0.39, 0.29) is 24.3 Å². The molecule has 8 nitrogen and oxygen atoms in total. The largest absolute Gasteiger partial charge is 0.455 e. The lowest BCUT2D eigenvalue weighted by Crippen LogP contribution is -2.35. The van der Waals surface area contributed by atoms with Gasteiger partial charge in [0.25, 0.3) is 11.8 Å². The first-order valence-corrected chi connectivity index (χ1v) is 10.1. The molecule has 1 saturated carbocycles. The third kappa shape index (κ3) is 5.34. The molecule has 1 aliphatic carbocycles. The van der Waals surface area contributed by atoms with Crippen LogP contribution in [0.5, 0.6) is 0 Å². The average Bonchev–Trinajstić information content (AvgIpc) is 3.36. The molecule has 29 heavy (non-hydrogen) atoms. The van der Waals surface area contributed by atoms with Crippen LogP contribution in [-0.2, 0) is 19.1 Å². The monoisotopic (exact) mass is 401 g/mol. The van der Waals surface area contributed by atoms with Crippen molar-refractivity contribution in [2.45, 2.75) is 45.1 Å². The Labute approximate surface area is 170 Å². The molecule has 0 unspecified atom stereocenters. The van der Waals surface area contributed by atoms with Crippen molar-refractivity contribution < 1.29 is 23.9 Å². The van der Waals surface area contributed by atoms with Crippen LogP contribution in [0.2, 0.25) is 0 Å². The third-order valence-corrected chi connectivity index (χ3v) is 5.35. The SMILES string of the molecule is CCNC(=O)c1cccc(NC(=O)COC(=O)[C@H]2CC(=O)N(C3CCCC3)C2)c1. The van der Waals surface area contributed by atoms with Gasteiger partial charge >= 0.3 is 5.97 Å². The van der Waals surface area contributed by atoms with Gasteiger partial charge in [-0.05, 0) is 38.0 Å². The molecule has 1 saturated heterocycles. The van der Waals surface area contributed by atoms with E-state index >= 15 is 0 Å². The molecule has 2 fully saturated rings. The first kappa shape index (κ1) is 20.8. The minimum absolute atomic E-state index is 0.00882. The molecule has 2 N–H and O–H groups in total. The number of amides is 3. The maximum absolute atomic E-state index is 12.3. The molecule has 1 atom stereocenters. The van der Waals surface area contributed by atoms with Crippen molar-refractivity contribution in [3.63, 3.8) is 0 Å². The lowest BCUT2D eigenvalue weighted by Gasteiger charge is -2.23. The lowest BCUT2D eigenvalue weighted by molar-refractivity contribution is -0.151. The van der Waals surface area contributed by atoms with E-state index in [1.165, 1.54) is 0 Å². The first-order chi connectivity index (χ1) is 14.0. The number of benzene rings is 1. The Hall–Kier alpha value is -2.90. The zero-order valence-electron chi connectivity index (χ0n) is 16.6. The van der Waals surface area contributed by atoms with Gasteiger partial charge in [0.1, 0.15) is 0 Å². The molecule has 1 heterocycles. The number of hydrogen-bond acceptors (Lipinski definition) is 5. The number of rotatable bonds is 7. The molecule has 0 spiro atoms. The highest BCUT2D eigenvalue weighted by atomic mass is 16.5. The smallest absolute Gasteiger partial charge is 0.311 e.